The molecule has 2 aliphatic heterocycles. The molecule has 1 aromatic heterocycles. The summed E-state index contributed by atoms with van der Waals surface area (Å²) in [7, 11) is 0. The number of hydrogen-bond donors (Lipinski definition) is 3. The summed E-state index contributed by atoms with van der Waals surface area (Å²) in [6.45, 7) is 1.18. The number of nitrogens with two attached hydrogens (primary N) is 1. The summed E-state index contributed by atoms with van der Waals surface area (Å²) >= 11 is 5.28. The molecule has 9 heteroatoms. The topological polar surface area (TPSA) is 101 Å². The average Bonchev–Trinajstić information content (AvgIpc) is 2.86. The summed E-state index contributed by atoms with van der Waals surface area (Å²) in [5.74, 6) is 1.42. The van der Waals surface area contributed by atoms with Crippen molar-refractivity contribution in [1.29, 1.82) is 0 Å². The molecule has 4 rings (SSSR count). The molecule has 27 heavy (non-hydrogen) atoms. The summed E-state index contributed by atoms with van der Waals surface area (Å²) in [4.78, 5) is 20.1. The Balaban J connectivity index is 1.64. The third-order valence-electron chi connectivity index (χ3n) is 4.99. The lowest BCUT2D eigenvalue weighted by atomic mass is 9.95. The lowest BCUT2D eigenvalue weighted by Gasteiger charge is -2.35. The summed E-state index contributed by atoms with van der Waals surface area (Å²) < 4.78 is 6.66. The van der Waals surface area contributed by atoms with E-state index in [0.717, 1.165) is 45.5 Å². The van der Waals surface area contributed by atoms with Crippen LogP contribution in [-0.2, 0) is 16.1 Å². The second kappa shape index (κ2) is 8.00. The second-order valence-corrected chi connectivity index (χ2v) is 8.64. The van der Waals surface area contributed by atoms with E-state index in [9.17, 15) is 4.79 Å². The van der Waals surface area contributed by atoms with Crippen molar-refractivity contribution in [2.75, 3.05) is 24.8 Å². The molecule has 0 saturated carbocycles. The molecule has 0 amide bonds. The summed E-state index contributed by atoms with van der Waals surface area (Å²) in [6.07, 6.45) is 1.46. The number of hydrogen-bond acceptors (Lipinski definition) is 6. The smallest absolute Gasteiger partial charge is 0.303 e. The minimum Gasteiger partial charge on any atom is -0.492 e. The van der Waals surface area contributed by atoms with E-state index in [1.807, 2.05) is 17.2 Å². The highest BCUT2D eigenvalue weighted by atomic mass is 79.9. The average molecular weight is 456 g/mol. The summed E-state index contributed by atoms with van der Waals surface area (Å²) in [5.41, 5.74) is 9.87. The van der Waals surface area contributed by atoms with Crippen LogP contribution in [0.1, 0.15) is 30.1 Å². The SMILES string of the molecule is NC1CSCON2CCc3c([nH]c4cc(Br)c(OCCCC(=O)O)cc34)C12. The fraction of sp³-hybridized carbons (Fsp3) is 0.500. The number of nitrogens with one attached hydrogen (secondary N) is 1. The van der Waals surface area contributed by atoms with E-state index in [1.54, 1.807) is 11.8 Å². The first-order chi connectivity index (χ1) is 13.0. The van der Waals surface area contributed by atoms with Crippen molar-refractivity contribution in [2.45, 2.75) is 31.3 Å². The standard InChI is InChI=1S/C18H22BrN3O4S/c19-12-7-14-11(6-15(12)25-5-1-2-16(23)24)10-3-4-22-18(17(10)21-14)13(20)8-27-9-26-22/h6-7,13,18,21H,1-5,8-9,20H2,(H,23,24). The molecule has 0 spiro atoms. The Morgan fingerprint density at radius 2 is 2.37 bits per heavy atom. The Hall–Kier alpha value is -1.26. The molecular weight excluding hydrogens is 434 g/mol. The number of fused-ring (bicyclic) bond motifs is 5. The molecule has 146 valence electrons. The van der Waals surface area contributed by atoms with Gasteiger partial charge in [-0.2, -0.15) is 5.06 Å². The van der Waals surface area contributed by atoms with Gasteiger partial charge in [0.2, 0.25) is 0 Å². The van der Waals surface area contributed by atoms with Crippen molar-refractivity contribution >= 4 is 44.6 Å². The van der Waals surface area contributed by atoms with E-state index in [4.69, 9.17) is 20.4 Å². The molecule has 2 atom stereocenters. The van der Waals surface area contributed by atoms with Gasteiger partial charge in [-0.1, -0.05) is 0 Å². The minimum atomic E-state index is -0.808. The van der Waals surface area contributed by atoms with Gasteiger partial charge in [-0.05, 0) is 46.5 Å². The molecule has 2 aliphatic rings. The predicted molar refractivity (Wildman–Crippen MR) is 108 cm³/mol. The van der Waals surface area contributed by atoms with Crippen LogP contribution in [0.4, 0.5) is 0 Å². The maximum absolute atomic E-state index is 10.6. The maximum atomic E-state index is 10.6. The third kappa shape index (κ3) is 3.84. The molecule has 1 saturated heterocycles. The molecule has 7 nitrogen and oxygen atoms in total. The number of carboxylic acids is 1. The van der Waals surface area contributed by atoms with Crippen molar-refractivity contribution < 1.29 is 19.5 Å². The number of aliphatic carboxylic acids is 1. The number of halogens is 1. The van der Waals surface area contributed by atoms with Gasteiger partial charge in [0.05, 0.1) is 17.1 Å². The zero-order chi connectivity index (χ0) is 19.0. The second-order valence-electron chi connectivity index (χ2n) is 6.81. The number of aromatic amines is 1. The molecular formula is C18H22BrN3O4S. The van der Waals surface area contributed by atoms with Gasteiger partial charge in [0.15, 0.2) is 0 Å². The van der Waals surface area contributed by atoms with Gasteiger partial charge >= 0.3 is 5.97 Å². The number of hydroxylamine groups is 2. The van der Waals surface area contributed by atoms with E-state index in [2.05, 4.69) is 20.9 Å². The molecule has 1 fully saturated rings. The number of carboxylic acid groups (broad SMARTS) is 1. The minimum absolute atomic E-state index is 0.000193. The van der Waals surface area contributed by atoms with Crippen LogP contribution in [0.3, 0.4) is 0 Å². The Labute approximate surface area is 169 Å². The first-order valence-corrected chi connectivity index (χ1v) is 10.9. The Bertz CT molecular complexity index is 859. The van der Waals surface area contributed by atoms with Crippen LogP contribution in [0.25, 0.3) is 10.9 Å². The van der Waals surface area contributed by atoms with Gasteiger partial charge in [-0.3, -0.25) is 9.63 Å². The number of nitrogens with zero attached hydrogens (tertiary/aromatic N) is 1. The lowest BCUT2D eigenvalue weighted by Crippen LogP contribution is -2.44. The molecule has 0 radical (unpaired) electrons. The predicted octanol–water partition coefficient (Wildman–Crippen LogP) is 3.04. The fourth-order valence-electron chi connectivity index (χ4n) is 3.77. The highest BCUT2D eigenvalue weighted by Crippen LogP contribution is 2.41. The van der Waals surface area contributed by atoms with Gasteiger partial charge in [-0.25, -0.2) is 0 Å². The van der Waals surface area contributed by atoms with E-state index in [-0.39, 0.29) is 18.5 Å². The van der Waals surface area contributed by atoms with Crippen LogP contribution in [0, 0.1) is 0 Å². The van der Waals surface area contributed by atoms with Crippen molar-refractivity contribution in [1.82, 2.24) is 10.0 Å². The largest absolute Gasteiger partial charge is 0.492 e. The van der Waals surface area contributed by atoms with Gasteiger partial charge in [-0.15, -0.1) is 11.8 Å². The van der Waals surface area contributed by atoms with Crippen LogP contribution in [0.15, 0.2) is 16.6 Å². The molecule has 2 unspecified atom stereocenters. The van der Waals surface area contributed by atoms with Crippen LogP contribution < -0.4 is 10.5 Å². The molecule has 3 heterocycles. The number of thioether (sulfide) groups is 1. The molecule has 1 aromatic carbocycles. The normalized spacial score (nSPS) is 22.9. The van der Waals surface area contributed by atoms with Gasteiger partial charge in [0, 0.05) is 41.4 Å². The lowest BCUT2D eigenvalue weighted by molar-refractivity contribution is -0.175. The van der Waals surface area contributed by atoms with Crippen molar-refractivity contribution in [3.8, 4) is 5.75 Å². The number of benzene rings is 1. The van der Waals surface area contributed by atoms with Gasteiger partial charge in [0.25, 0.3) is 0 Å². The first-order valence-electron chi connectivity index (χ1n) is 8.96. The summed E-state index contributed by atoms with van der Waals surface area (Å²) in [5, 5.41) is 11.9. The van der Waals surface area contributed by atoms with E-state index >= 15 is 0 Å². The van der Waals surface area contributed by atoms with E-state index < -0.39 is 5.97 Å². The maximum Gasteiger partial charge on any atom is 0.303 e. The van der Waals surface area contributed by atoms with Crippen molar-refractivity contribution in [3.63, 3.8) is 0 Å². The van der Waals surface area contributed by atoms with Crippen LogP contribution in [0.5, 0.6) is 5.75 Å². The quantitative estimate of drug-likeness (QED) is 0.595. The molecule has 0 aliphatic carbocycles. The van der Waals surface area contributed by atoms with E-state index in [0.29, 0.717) is 19.0 Å². The highest BCUT2D eigenvalue weighted by Gasteiger charge is 2.37. The molecule has 0 bridgehead atoms. The third-order valence-corrected chi connectivity index (χ3v) is 6.50. The summed E-state index contributed by atoms with van der Waals surface area (Å²) in [6, 6.07) is 4.07. The fourth-order valence-corrected chi connectivity index (χ4v) is 4.99. The van der Waals surface area contributed by atoms with Crippen LogP contribution in [-0.4, -0.2) is 52.0 Å². The van der Waals surface area contributed by atoms with Crippen LogP contribution >= 0.6 is 27.7 Å². The zero-order valence-electron chi connectivity index (χ0n) is 14.7. The number of rotatable bonds is 5. The van der Waals surface area contributed by atoms with E-state index in [1.165, 1.54) is 5.56 Å². The Kier molecular flexibility index (Phi) is 5.65. The Morgan fingerprint density at radius 3 is 3.19 bits per heavy atom. The zero-order valence-corrected chi connectivity index (χ0v) is 17.1. The highest BCUT2D eigenvalue weighted by molar-refractivity contribution is 9.10. The number of ether oxygens (including phenoxy) is 1. The molecule has 2 aromatic rings. The van der Waals surface area contributed by atoms with Crippen molar-refractivity contribution in [3.05, 3.63) is 27.9 Å². The molecule has 4 N–H and O–H groups in total. The Morgan fingerprint density at radius 1 is 1.52 bits per heavy atom. The van der Waals surface area contributed by atoms with Crippen molar-refractivity contribution in [2.24, 2.45) is 5.73 Å². The monoisotopic (exact) mass is 455 g/mol. The van der Waals surface area contributed by atoms with Gasteiger partial charge < -0.3 is 20.6 Å². The van der Waals surface area contributed by atoms with Crippen LogP contribution in [0.2, 0.25) is 0 Å². The number of aromatic nitrogens is 1. The van der Waals surface area contributed by atoms with Gasteiger partial charge in [0.1, 0.15) is 11.7 Å². The number of H-pyrrole nitrogens is 1. The number of carbonyl (C=O) groups is 1. The first kappa shape index (κ1) is 19.1.